The van der Waals surface area contributed by atoms with Crippen LogP contribution in [0.25, 0.3) is 21.5 Å². The Labute approximate surface area is 308 Å². The molecule has 4 aromatic rings. The van der Waals surface area contributed by atoms with Crippen LogP contribution in [0.15, 0.2) is 130 Å². The van der Waals surface area contributed by atoms with Gasteiger partial charge in [-0.1, -0.05) is 137 Å². The summed E-state index contributed by atoms with van der Waals surface area (Å²) in [5.41, 5.74) is 8.83. The van der Waals surface area contributed by atoms with E-state index in [0.29, 0.717) is 0 Å². The highest BCUT2D eigenvalue weighted by atomic mass is 79.9. The van der Waals surface area contributed by atoms with Crippen LogP contribution in [0.1, 0.15) is 75.3 Å². The van der Waals surface area contributed by atoms with Gasteiger partial charge in [-0.25, -0.2) is 0 Å². The van der Waals surface area contributed by atoms with Gasteiger partial charge >= 0.3 is 0 Å². The molecule has 2 saturated carbocycles. The van der Waals surface area contributed by atoms with E-state index in [1.807, 2.05) is 0 Å². The maximum absolute atomic E-state index is 3.84. The quantitative estimate of drug-likeness (QED) is 0.145. The standard InChI is InChI=1S/C45H45Br2N2/c1-48-38-25-23-32-15-5-7-19-36(32)42(38)44(27-9-3-10-28-44)40(48)21-13-17-34(46)31-35(47)18-14-22-41-45(29-11-4-12-30-45)43-37-20-8-6-16-33(37)24-26-39(43)49(41)2/h5-8,13-26,31H,3-4,9-12,27-30H2,1-2H3/q+1. The molecular formula is C45H45Br2N2+. The SMILES string of the molecule is CN1/C(=C/C=C/C(Br)=C/C(Br)=C/C=C/C2=[N+](C)c3ccc4ccccc4c3C23CCCCC3)C2(CCCCC2)c2c1ccc1ccccc21. The van der Waals surface area contributed by atoms with E-state index in [-0.39, 0.29) is 10.8 Å². The first-order valence-electron chi connectivity index (χ1n) is 18.1. The molecule has 248 valence electrons. The maximum atomic E-state index is 3.84. The smallest absolute Gasteiger partial charge is 0.210 e. The van der Waals surface area contributed by atoms with Gasteiger partial charge in [0.2, 0.25) is 5.69 Å². The number of anilines is 1. The van der Waals surface area contributed by atoms with Crippen LogP contribution >= 0.6 is 31.9 Å². The van der Waals surface area contributed by atoms with Crippen molar-refractivity contribution in [3.05, 3.63) is 141 Å². The normalized spacial score (nSPS) is 21.4. The molecule has 2 heterocycles. The average Bonchev–Trinajstić information content (AvgIpc) is 3.49. The summed E-state index contributed by atoms with van der Waals surface area (Å²) < 4.78 is 4.53. The number of hydrogen-bond acceptors (Lipinski definition) is 1. The first-order valence-corrected chi connectivity index (χ1v) is 19.7. The molecule has 0 N–H and O–H groups in total. The fraction of sp³-hybridized carbons (Fsp3) is 0.311. The zero-order valence-corrected chi connectivity index (χ0v) is 31.9. The van der Waals surface area contributed by atoms with Gasteiger partial charge in [0.1, 0.15) is 7.05 Å². The summed E-state index contributed by atoms with van der Waals surface area (Å²) >= 11 is 7.68. The Morgan fingerprint density at radius 2 is 1.31 bits per heavy atom. The molecule has 4 aliphatic rings. The van der Waals surface area contributed by atoms with E-state index in [0.717, 1.165) is 8.96 Å². The van der Waals surface area contributed by atoms with Crippen molar-refractivity contribution in [1.82, 2.24) is 0 Å². The van der Waals surface area contributed by atoms with Crippen LogP contribution < -0.4 is 4.90 Å². The van der Waals surface area contributed by atoms with Crippen LogP contribution in [0.4, 0.5) is 11.4 Å². The van der Waals surface area contributed by atoms with Crippen molar-refractivity contribution in [1.29, 1.82) is 0 Å². The number of hydrogen-bond donors (Lipinski definition) is 0. The topological polar surface area (TPSA) is 6.25 Å². The molecule has 2 fully saturated rings. The van der Waals surface area contributed by atoms with Gasteiger partial charge in [-0.2, -0.15) is 4.58 Å². The van der Waals surface area contributed by atoms with Gasteiger partial charge in [0, 0.05) is 50.5 Å². The van der Waals surface area contributed by atoms with E-state index in [1.165, 1.54) is 120 Å². The molecule has 0 saturated heterocycles. The number of likely N-dealkylation sites (N-methyl/N-ethyl adjacent to an activating group) is 1. The van der Waals surface area contributed by atoms with Crippen LogP contribution in [-0.4, -0.2) is 24.4 Å². The molecule has 0 amide bonds. The van der Waals surface area contributed by atoms with Crippen LogP contribution in [0.2, 0.25) is 0 Å². The van der Waals surface area contributed by atoms with Gasteiger partial charge in [-0.15, -0.1) is 0 Å². The van der Waals surface area contributed by atoms with Crippen molar-refractivity contribution >= 4 is 70.5 Å². The lowest BCUT2D eigenvalue weighted by Crippen LogP contribution is -2.36. The second-order valence-corrected chi connectivity index (χ2v) is 16.3. The molecule has 0 unspecified atom stereocenters. The maximum Gasteiger partial charge on any atom is 0.210 e. The van der Waals surface area contributed by atoms with Gasteiger partial charge < -0.3 is 4.90 Å². The van der Waals surface area contributed by atoms with Crippen molar-refractivity contribution in [3.8, 4) is 0 Å². The predicted octanol–water partition coefficient (Wildman–Crippen LogP) is 12.8. The molecule has 0 radical (unpaired) electrons. The number of nitrogens with zero attached hydrogens (tertiary/aromatic N) is 2. The first kappa shape index (κ1) is 32.7. The molecule has 2 spiro atoms. The Morgan fingerprint density at radius 3 is 2.00 bits per heavy atom. The molecular weight excluding hydrogens is 728 g/mol. The molecule has 4 aromatic carbocycles. The molecule has 8 rings (SSSR count). The number of allylic oxidation sites excluding steroid dienone is 10. The minimum atomic E-state index is 0.0850. The largest absolute Gasteiger partial charge is 0.347 e. The van der Waals surface area contributed by atoms with Crippen LogP contribution in [0.5, 0.6) is 0 Å². The Hall–Kier alpha value is -3.47. The Bertz CT molecular complexity index is 2130. The van der Waals surface area contributed by atoms with E-state index in [2.05, 4.69) is 171 Å². The third kappa shape index (κ3) is 5.54. The van der Waals surface area contributed by atoms with Crippen LogP contribution in [-0.2, 0) is 10.8 Å². The second-order valence-electron chi connectivity index (χ2n) is 14.5. The van der Waals surface area contributed by atoms with Crippen LogP contribution in [0, 0.1) is 0 Å². The van der Waals surface area contributed by atoms with Gasteiger partial charge in [-0.3, -0.25) is 0 Å². The van der Waals surface area contributed by atoms with E-state index in [4.69, 9.17) is 0 Å². The van der Waals surface area contributed by atoms with Crippen LogP contribution in [0.3, 0.4) is 0 Å². The lowest BCUT2D eigenvalue weighted by atomic mass is 9.66. The van der Waals surface area contributed by atoms with Crippen molar-refractivity contribution < 1.29 is 4.58 Å². The fourth-order valence-corrected chi connectivity index (χ4v) is 10.9. The van der Waals surface area contributed by atoms with Gasteiger partial charge in [0.25, 0.3) is 0 Å². The summed E-state index contributed by atoms with van der Waals surface area (Å²) in [6.07, 6.45) is 28.3. The first-order chi connectivity index (χ1) is 23.9. The zero-order chi connectivity index (χ0) is 33.6. The summed E-state index contributed by atoms with van der Waals surface area (Å²) in [5.74, 6) is 0. The second kappa shape index (κ2) is 13.3. The third-order valence-corrected chi connectivity index (χ3v) is 12.9. The summed E-state index contributed by atoms with van der Waals surface area (Å²) in [6.45, 7) is 0. The highest BCUT2D eigenvalue weighted by Gasteiger charge is 2.51. The van der Waals surface area contributed by atoms with E-state index < -0.39 is 0 Å². The predicted molar refractivity (Wildman–Crippen MR) is 217 cm³/mol. The molecule has 2 nitrogen and oxygen atoms in total. The number of benzene rings is 4. The summed E-state index contributed by atoms with van der Waals surface area (Å²) in [4.78, 5) is 2.45. The Balaban J connectivity index is 1.05. The lowest BCUT2D eigenvalue weighted by molar-refractivity contribution is -0.401. The molecule has 49 heavy (non-hydrogen) atoms. The minimum Gasteiger partial charge on any atom is -0.347 e. The van der Waals surface area contributed by atoms with Crippen molar-refractivity contribution in [2.24, 2.45) is 0 Å². The van der Waals surface area contributed by atoms with Crippen molar-refractivity contribution in [2.75, 3.05) is 19.0 Å². The molecule has 0 bridgehead atoms. The van der Waals surface area contributed by atoms with E-state index in [9.17, 15) is 0 Å². The summed E-state index contributed by atoms with van der Waals surface area (Å²) in [5, 5.41) is 5.52. The summed E-state index contributed by atoms with van der Waals surface area (Å²) in [7, 11) is 4.51. The van der Waals surface area contributed by atoms with Gasteiger partial charge in [0.05, 0.1) is 5.41 Å². The third-order valence-electron chi connectivity index (χ3n) is 11.9. The van der Waals surface area contributed by atoms with Gasteiger partial charge in [0.15, 0.2) is 5.71 Å². The van der Waals surface area contributed by atoms with E-state index >= 15 is 0 Å². The molecule has 0 aromatic heterocycles. The highest BCUT2D eigenvalue weighted by Crippen LogP contribution is 2.57. The molecule has 0 atom stereocenters. The average molecular weight is 774 g/mol. The summed E-state index contributed by atoms with van der Waals surface area (Å²) in [6, 6.07) is 27.1. The van der Waals surface area contributed by atoms with Crippen molar-refractivity contribution in [2.45, 2.75) is 75.0 Å². The monoisotopic (exact) mass is 771 g/mol. The lowest BCUT2D eigenvalue weighted by Gasteiger charge is -2.36. The number of halogens is 2. The minimum absolute atomic E-state index is 0.0850. The fourth-order valence-electron chi connectivity index (χ4n) is 9.80. The Morgan fingerprint density at radius 1 is 0.694 bits per heavy atom. The Kier molecular flexibility index (Phi) is 8.91. The number of rotatable bonds is 5. The highest BCUT2D eigenvalue weighted by molar-refractivity contribution is 9.12. The molecule has 4 heteroatoms. The number of fused-ring (bicyclic) bond motifs is 8. The molecule has 2 aliphatic carbocycles. The van der Waals surface area contributed by atoms with Crippen molar-refractivity contribution in [3.63, 3.8) is 0 Å². The molecule has 2 aliphatic heterocycles. The zero-order valence-electron chi connectivity index (χ0n) is 28.7. The van der Waals surface area contributed by atoms with E-state index in [1.54, 1.807) is 0 Å². The van der Waals surface area contributed by atoms with Gasteiger partial charge in [-0.05, 0) is 89.2 Å².